The molecular formula is C17H19N5O. The van der Waals surface area contributed by atoms with Crippen molar-refractivity contribution in [2.24, 2.45) is 0 Å². The maximum atomic E-state index is 5.48. The normalized spacial score (nSPS) is 17.7. The lowest BCUT2D eigenvalue weighted by Crippen LogP contribution is -2.08. The smallest absolute Gasteiger partial charge is 0.156 e. The number of rotatable bonds is 5. The molecule has 0 aliphatic carbocycles. The van der Waals surface area contributed by atoms with Crippen molar-refractivity contribution in [3.8, 4) is 0 Å². The van der Waals surface area contributed by atoms with E-state index in [2.05, 4.69) is 22.1 Å². The van der Waals surface area contributed by atoms with Gasteiger partial charge in [0, 0.05) is 30.8 Å². The molecule has 118 valence electrons. The van der Waals surface area contributed by atoms with E-state index in [1.54, 1.807) is 6.33 Å². The van der Waals surface area contributed by atoms with Crippen LogP contribution in [0, 0.1) is 0 Å². The Hall–Kier alpha value is -2.47. The number of ether oxygens (including phenoxy) is 1. The summed E-state index contributed by atoms with van der Waals surface area (Å²) in [5, 5.41) is 4.76. The second-order valence-electron chi connectivity index (χ2n) is 5.84. The van der Waals surface area contributed by atoms with E-state index in [1.807, 2.05) is 29.1 Å². The summed E-state index contributed by atoms with van der Waals surface area (Å²) in [6.45, 7) is 2.25. The van der Waals surface area contributed by atoms with Gasteiger partial charge in [0.15, 0.2) is 5.82 Å². The number of nitrogens with zero attached hydrogens (tertiary/aromatic N) is 4. The highest BCUT2D eigenvalue weighted by Gasteiger charge is 2.23. The van der Waals surface area contributed by atoms with E-state index in [1.165, 1.54) is 5.56 Å². The van der Waals surface area contributed by atoms with Crippen molar-refractivity contribution >= 4 is 0 Å². The molecule has 1 aliphatic heterocycles. The highest BCUT2D eigenvalue weighted by atomic mass is 16.5. The molecule has 0 amide bonds. The van der Waals surface area contributed by atoms with E-state index >= 15 is 0 Å². The van der Waals surface area contributed by atoms with Gasteiger partial charge in [-0.15, -0.1) is 0 Å². The van der Waals surface area contributed by atoms with Crippen molar-refractivity contribution in [2.75, 3.05) is 13.2 Å². The molecule has 6 heteroatoms. The van der Waals surface area contributed by atoms with Crippen molar-refractivity contribution in [3.63, 3.8) is 0 Å². The van der Waals surface area contributed by atoms with Crippen molar-refractivity contribution in [1.29, 1.82) is 0 Å². The van der Waals surface area contributed by atoms with E-state index in [9.17, 15) is 0 Å². The third-order valence-electron chi connectivity index (χ3n) is 4.14. The molecule has 2 aromatic heterocycles. The molecule has 6 nitrogen and oxygen atoms in total. The van der Waals surface area contributed by atoms with Gasteiger partial charge in [0.1, 0.15) is 5.82 Å². The number of benzene rings is 1. The summed E-state index contributed by atoms with van der Waals surface area (Å²) in [6, 6.07) is 10.3. The Morgan fingerprint density at radius 2 is 2.17 bits per heavy atom. The Kier molecular flexibility index (Phi) is 3.90. The summed E-state index contributed by atoms with van der Waals surface area (Å²) in [7, 11) is 0. The Bertz CT molecular complexity index is 745. The Labute approximate surface area is 134 Å². The lowest BCUT2D eigenvalue weighted by Gasteiger charge is -2.05. The predicted octanol–water partition coefficient (Wildman–Crippen LogP) is 2.14. The van der Waals surface area contributed by atoms with Gasteiger partial charge < -0.3 is 9.72 Å². The summed E-state index contributed by atoms with van der Waals surface area (Å²) in [6.07, 6.45) is 5.23. The second-order valence-corrected chi connectivity index (χ2v) is 5.84. The van der Waals surface area contributed by atoms with Crippen LogP contribution < -0.4 is 0 Å². The minimum atomic E-state index is 0.313. The van der Waals surface area contributed by atoms with E-state index in [0.717, 1.165) is 43.5 Å². The first kappa shape index (κ1) is 14.1. The molecule has 0 bridgehead atoms. The lowest BCUT2D eigenvalue weighted by molar-refractivity contribution is 0.193. The molecule has 1 aromatic carbocycles. The Morgan fingerprint density at radius 1 is 1.26 bits per heavy atom. The summed E-state index contributed by atoms with van der Waals surface area (Å²) in [5.41, 5.74) is 2.26. The third kappa shape index (κ3) is 3.17. The quantitative estimate of drug-likeness (QED) is 0.784. The molecule has 1 fully saturated rings. The zero-order valence-corrected chi connectivity index (χ0v) is 12.9. The number of aromatic amines is 1. The minimum absolute atomic E-state index is 0.313. The highest BCUT2D eigenvalue weighted by molar-refractivity contribution is 5.16. The molecular weight excluding hydrogens is 290 g/mol. The molecule has 1 saturated heterocycles. The van der Waals surface area contributed by atoms with Crippen molar-refractivity contribution in [2.45, 2.75) is 25.3 Å². The molecule has 3 heterocycles. The van der Waals surface area contributed by atoms with Crippen molar-refractivity contribution in [1.82, 2.24) is 24.7 Å². The Balaban J connectivity index is 1.63. The van der Waals surface area contributed by atoms with Gasteiger partial charge in [0.2, 0.25) is 0 Å². The number of hydrogen-bond acceptors (Lipinski definition) is 4. The predicted molar refractivity (Wildman–Crippen MR) is 85.1 cm³/mol. The maximum absolute atomic E-state index is 5.48. The van der Waals surface area contributed by atoms with Gasteiger partial charge in [-0.05, 0) is 12.0 Å². The highest BCUT2D eigenvalue weighted by Crippen LogP contribution is 2.23. The van der Waals surface area contributed by atoms with Crippen LogP contribution in [0.5, 0.6) is 0 Å². The van der Waals surface area contributed by atoms with Crippen LogP contribution in [-0.2, 0) is 17.7 Å². The fourth-order valence-electron chi connectivity index (χ4n) is 2.87. The first-order chi connectivity index (χ1) is 11.4. The van der Waals surface area contributed by atoms with Gasteiger partial charge in [-0.1, -0.05) is 30.3 Å². The Morgan fingerprint density at radius 3 is 2.91 bits per heavy atom. The molecule has 23 heavy (non-hydrogen) atoms. The largest absolute Gasteiger partial charge is 0.381 e. The van der Waals surface area contributed by atoms with Crippen LogP contribution in [0.25, 0.3) is 0 Å². The van der Waals surface area contributed by atoms with Crippen LogP contribution in [0.4, 0.5) is 0 Å². The van der Waals surface area contributed by atoms with Gasteiger partial charge in [-0.2, -0.15) is 5.10 Å². The standard InChI is InChI=1S/C17H19N5O/c1-2-4-13(5-3-1)10-22-16(8-15-9-18-12-19-15)20-17(21-22)14-6-7-23-11-14/h1-5,9,12,14H,6-8,10-11H2,(H,18,19). The molecule has 1 atom stereocenters. The fourth-order valence-corrected chi connectivity index (χ4v) is 2.87. The number of nitrogens with one attached hydrogen (secondary N) is 1. The van der Waals surface area contributed by atoms with Crippen LogP contribution >= 0.6 is 0 Å². The SMILES string of the molecule is c1ccc(Cn2nc(C3CCOC3)nc2Cc2cnc[nH]2)cc1. The third-order valence-corrected chi connectivity index (χ3v) is 4.14. The lowest BCUT2D eigenvalue weighted by atomic mass is 10.1. The molecule has 4 rings (SSSR count). The average molecular weight is 309 g/mol. The molecule has 0 saturated carbocycles. The summed E-state index contributed by atoms with van der Waals surface area (Å²) in [5.74, 6) is 2.17. The number of imidazole rings is 1. The van der Waals surface area contributed by atoms with Crippen LogP contribution in [-0.4, -0.2) is 37.9 Å². The molecule has 3 aromatic rings. The van der Waals surface area contributed by atoms with E-state index in [4.69, 9.17) is 14.8 Å². The van der Waals surface area contributed by atoms with Crippen molar-refractivity contribution in [3.05, 3.63) is 65.8 Å². The average Bonchev–Trinajstić information content (AvgIpc) is 3.31. The molecule has 0 spiro atoms. The summed E-state index contributed by atoms with van der Waals surface area (Å²) in [4.78, 5) is 12.0. The molecule has 1 aliphatic rings. The topological polar surface area (TPSA) is 68.6 Å². The molecule has 0 radical (unpaired) electrons. The van der Waals surface area contributed by atoms with Crippen LogP contribution in [0.15, 0.2) is 42.9 Å². The zero-order valence-electron chi connectivity index (χ0n) is 12.9. The van der Waals surface area contributed by atoms with Gasteiger partial charge >= 0.3 is 0 Å². The van der Waals surface area contributed by atoms with Crippen LogP contribution in [0.3, 0.4) is 0 Å². The van der Waals surface area contributed by atoms with E-state index < -0.39 is 0 Å². The van der Waals surface area contributed by atoms with E-state index in [-0.39, 0.29) is 0 Å². The maximum Gasteiger partial charge on any atom is 0.156 e. The number of H-pyrrole nitrogens is 1. The summed E-state index contributed by atoms with van der Waals surface area (Å²) < 4.78 is 7.48. The van der Waals surface area contributed by atoms with Gasteiger partial charge in [-0.25, -0.2) is 14.6 Å². The summed E-state index contributed by atoms with van der Waals surface area (Å²) >= 11 is 0. The van der Waals surface area contributed by atoms with Gasteiger partial charge in [0.25, 0.3) is 0 Å². The zero-order chi connectivity index (χ0) is 15.5. The van der Waals surface area contributed by atoms with Gasteiger partial charge in [0.05, 0.1) is 19.5 Å². The van der Waals surface area contributed by atoms with Crippen LogP contribution in [0.2, 0.25) is 0 Å². The van der Waals surface area contributed by atoms with Gasteiger partial charge in [-0.3, -0.25) is 0 Å². The van der Waals surface area contributed by atoms with Crippen LogP contribution in [0.1, 0.15) is 35.2 Å². The second kappa shape index (κ2) is 6.34. The number of hydrogen-bond donors (Lipinski definition) is 1. The monoisotopic (exact) mass is 309 g/mol. The molecule has 1 unspecified atom stereocenters. The molecule has 1 N–H and O–H groups in total. The first-order valence-corrected chi connectivity index (χ1v) is 7.91. The number of aromatic nitrogens is 5. The first-order valence-electron chi connectivity index (χ1n) is 7.91. The fraction of sp³-hybridized carbons (Fsp3) is 0.353. The minimum Gasteiger partial charge on any atom is -0.381 e. The van der Waals surface area contributed by atoms with E-state index in [0.29, 0.717) is 12.3 Å². The van der Waals surface area contributed by atoms with Crippen molar-refractivity contribution < 1.29 is 4.74 Å².